The maximum Gasteiger partial charge on any atom is 0.313 e. The quantitative estimate of drug-likeness (QED) is 0.660. The van der Waals surface area contributed by atoms with Gasteiger partial charge in [-0.1, -0.05) is 0 Å². The van der Waals surface area contributed by atoms with E-state index in [9.17, 15) is 14.5 Å². The summed E-state index contributed by atoms with van der Waals surface area (Å²) in [4.78, 5) is 10.2. The monoisotopic (exact) mass is 254 g/mol. The predicted molar refractivity (Wildman–Crippen MR) is 63.9 cm³/mol. The lowest BCUT2D eigenvalue weighted by molar-refractivity contribution is -0.386. The third-order valence-corrected chi connectivity index (χ3v) is 3.29. The Balaban J connectivity index is 2.20. The Morgan fingerprint density at radius 3 is 2.94 bits per heavy atom. The molecule has 1 fully saturated rings. The molecule has 0 saturated heterocycles. The Hall–Kier alpha value is -1.69. The second-order valence-electron chi connectivity index (χ2n) is 4.45. The first kappa shape index (κ1) is 12.8. The zero-order valence-corrected chi connectivity index (χ0v) is 9.84. The van der Waals surface area contributed by atoms with Gasteiger partial charge in [-0.2, -0.15) is 0 Å². The van der Waals surface area contributed by atoms with Gasteiger partial charge in [0.1, 0.15) is 11.9 Å². The highest BCUT2D eigenvalue weighted by atomic mass is 19.1. The number of nitrogens with two attached hydrogens (primary N) is 1. The van der Waals surface area contributed by atoms with Gasteiger partial charge < -0.3 is 10.5 Å². The molecule has 1 saturated carbocycles. The minimum absolute atomic E-state index is 0.112. The fourth-order valence-corrected chi connectivity index (χ4v) is 2.32. The highest BCUT2D eigenvalue weighted by molar-refractivity contribution is 5.46. The lowest BCUT2D eigenvalue weighted by Gasteiger charge is -2.19. The average molecular weight is 254 g/mol. The van der Waals surface area contributed by atoms with Gasteiger partial charge >= 0.3 is 5.69 Å². The van der Waals surface area contributed by atoms with E-state index in [0.29, 0.717) is 6.54 Å². The summed E-state index contributed by atoms with van der Waals surface area (Å²) in [6.45, 7) is 0.500. The number of benzene rings is 1. The fourth-order valence-electron chi connectivity index (χ4n) is 2.32. The second-order valence-corrected chi connectivity index (χ2v) is 4.45. The fraction of sp³-hybridized carbons (Fsp3) is 0.500. The third kappa shape index (κ3) is 2.59. The van der Waals surface area contributed by atoms with Crippen LogP contribution in [-0.4, -0.2) is 17.6 Å². The number of halogens is 1. The molecule has 1 aromatic rings. The standard InChI is InChI=1S/C12H15FN2O3/c13-9-4-5-12(10(6-9)15(16)17)18-11-3-1-2-8(11)7-14/h4-6,8,11H,1-3,7,14H2. The van der Waals surface area contributed by atoms with Crippen molar-refractivity contribution < 1.29 is 14.1 Å². The van der Waals surface area contributed by atoms with Crippen LogP contribution < -0.4 is 10.5 Å². The molecule has 0 aliphatic heterocycles. The number of hydrogen-bond donors (Lipinski definition) is 1. The van der Waals surface area contributed by atoms with Gasteiger partial charge in [-0.05, 0) is 37.9 Å². The molecule has 5 nitrogen and oxygen atoms in total. The summed E-state index contributed by atoms with van der Waals surface area (Å²) >= 11 is 0. The summed E-state index contributed by atoms with van der Waals surface area (Å²) in [6.07, 6.45) is 2.69. The predicted octanol–water partition coefficient (Wildman–Crippen LogP) is 2.24. The number of nitro groups is 1. The van der Waals surface area contributed by atoms with E-state index in [0.717, 1.165) is 31.4 Å². The molecule has 0 bridgehead atoms. The molecule has 6 heteroatoms. The highest BCUT2D eigenvalue weighted by Crippen LogP contribution is 2.34. The largest absolute Gasteiger partial charge is 0.483 e. The summed E-state index contributed by atoms with van der Waals surface area (Å²) < 4.78 is 18.6. The Morgan fingerprint density at radius 2 is 2.28 bits per heavy atom. The Labute approximate surface area is 104 Å². The normalized spacial score (nSPS) is 23.0. The van der Waals surface area contributed by atoms with Gasteiger partial charge in [-0.25, -0.2) is 4.39 Å². The van der Waals surface area contributed by atoms with Crippen molar-refractivity contribution >= 4 is 5.69 Å². The van der Waals surface area contributed by atoms with Crippen molar-refractivity contribution in [2.75, 3.05) is 6.54 Å². The van der Waals surface area contributed by atoms with Crippen LogP contribution in [0.1, 0.15) is 19.3 Å². The number of ether oxygens (including phenoxy) is 1. The van der Waals surface area contributed by atoms with Crippen molar-refractivity contribution in [2.24, 2.45) is 11.7 Å². The molecule has 2 unspecified atom stereocenters. The molecule has 1 aromatic carbocycles. The molecule has 0 amide bonds. The molecule has 18 heavy (non-hydrogen) atoms. The smallest absolute Gasteiger partial charge is 0.313 e. The van der Waals surface area contributed by atoms with Crippen LogP contribution in [0.15, 0.2) is 18.2 Å². The third-order valence-electron chi connectivity index (χ3n) is 3.29. The molecule has 98 valence electrons. The summed E-state index contributed by atoms with van der Waals surface area (Å²) in [6, 6.07) is 3.34. The van der Waals surface area contributed by atoms with Crippen molar-refractivity contribution in [1.29, 1.82) is 0 Å². The van der Waals surface area contributed by atoms with Crippen molar-refractivity contribution in [3.8, 4) is 5.75 Å². The summed E-state index contributed by atoms with van der Waals surface area (Å²) in [5.74, 6) is -0.308. The zero-order valence-electron chi connectivity index (χ0n) is 9.84. The van der Waals surface area contributed by atoms with Crippen molar-refractivity contribution in [2.45, 2.75) is 25.4 Å². The Morgan fingerprint density at radius 1 is 1.50 bits per heavy atom. The first-order valence-electron chi connectivity index (χ1n) is 5.92. The van der Waals surface area contributed by atoms with Crippen molar-refractivity contribution in [3.05, 3.63) is 34.1 Å². The molecule has 0 spiro atoms. The van der Waals surface area contributed by atoms with Gasteiger partial charge in [0.25, 0.3) is 0 Å². The van der Waals surface area contributed by atoms with Gasteiger partial charge in [-0.3, -0.25) is 10.1 Å². The maximum atomic E-state index is 13.0. The van der Waals surface area contributed by atoms with E-state index in [4.69, 9.17) is 10.5 Å². The maximum absolute atomic E-state index is 13.0. The molecule has 0 radical (unpaired) electrons. The second kappa shape index (κ2) is 5.30. The summed E-state index contributed by atoms with van der Waals surface area (Å²) in [5, 5.41) is 10.8. The summed E-state index contributed by atoms with van der Waals surface area (Å²) in [7, 11) is 0. The van der Waals surface area contributed by atoms with E-state index in [-0.39, 0.29) is 23.5 Å². The minimum Gasteiger partial charge on any atom is -0.483 e. The van der Waals surface area contributed by atoms with E-state index in [1.165, 1.54) is 6.07 Å². The van der Waals surface area contributed by atoms with Crippen LogP contribution >= 0.6 is 0 Å². The number of nitro benzene ring substituents is 1. The minimum atomic E-state index is -0.643. The molecular formula is C12H15FN2O3. The molecule has 2 N–H and O–H groups in total. The van der Waals surface area contributed by atoms with Gasteiger partial charge in [0.2, 0.25) is 0 Å². The Bertz CT molecular complexity index is 453. The van der Waals surface area contributed by atoms with Crippen LogP contribution in [0.2, 0.25) is 0 Å². The first-order valence-corrected chi connectivity index (χ1v) is 5.92. The number of rotatable bonds is 4. The molecule has 0 aromatic heterocycles. The van der Waals surface area contributed by atoms with Crippen LogP contribution in [-0.2, 0) is 0 Å². The summed E-state index contributed by atoms with van der Waals surface area (Å²) in [5.41, 5.74) is 5.29. The zero-order chi connectivity index (χ0) is 13.1. The van der Waals surface area contributed by atoms with E-state index >= 15 is 0 Å². The molecule has 2 atom stereocenters. The topological polar surface area (TPSA) is 78.4 Å². The lowest BCUT2D eigenvalue weighted by atomic mass is 10.1. The van der Waals surface area contributed by atoms with Gasteiger partial charge in [0, 0.05) is 5.92 Å². The number of hydrogen-bond acceptors (Lipinski definition) is 4. The first-order chi connectivity index (χ1) is 8.61. The van der Waals surface area contributed by atoms with Gasteiger partial charge in [0.05, 0.1) is 11.0 Å². The number of nitrogens with zero attached hydrogens (tertiary/aromatic N) is 1. The van der Waals surface area contributed by atoms with Crippen molar-refractivity contribution in [1.82, 2.24) is 0 Å². The van der Waals surface area contributed by atoms with Crippen LogP contribution in [0.5, 0.6) is 5.75 Å². The molecular weight excluding hydrogens is 239 g/mol. The van der Waals surface area contributed by atoms with Gasteiger partial charge in [0.15, 0.2) is 5.75 Å². The van der Waals surface area contributed by atoms with Gasteiger partial charge in [-0.15, -0.1) is 0 Å². The van der Waals surface area contributed by atoms with E-state index in [1.54, 1.807) is 0 Å². The molecule has 0 heterocycles. The Kier molecular flexibility index (Phi) is 3.76. The SMILES string of the molecule is NCC1CCCC1Oc1ccc(F)cc1[N+](=O)[O-]. The molecule has 1 aliphatic rings. The average Bonchev–Trinajstić information content (AvgIpc) is 2.78. The van der Waals surface area contributed by atoms with E-state index in [1.807, 2.05) is 0 Å². The highest BCUT2D eigenvalue weighted by Gasteiger charge is 2.30. The molecule has 1 aliphatic carbocycles. The van der Waals surface area contributed by atoms with Crippen LogP contribution in [0.3, 0.4) is 0 Å². The van der Waals surface area contributed by atoms with E-state index in [2.05, 4.69) is 0 Å². The van der Waals surface area contributed by atoms with Crippen LogP contribution in [0.4, 0.5) is 10.1 Å². The van der Waals surface area contributed by atoms with Crippen molar-refractivity contribution in [3.63, 3.8) is 0 Å². The molecule has 2 rings (SSSR count). The van der Waals surface area contributed by atoms with E-state index < -0.39 is 10.7 Å². The van der Waals surface area contributed by atoms with Crippen LogP contribution in [0.25, 0.3) is 0 Å². The van der Waals surface area contributed by atoms with Crippen LogP contribution in [0, 0.1) is 21.8 Å². The lowest BCUT2D eigenvalue weighted by Crippen LogP contribution is -2.27.